The van der Waals surface area contributed by atoms with Crippen LogP contribution < -0.4 is 14.8 Å². The summed E-state index contributed by atoms with van der Waals surface area (Å²) < 4.78 is 10.8. The average molecular weight is 493 g/mol. The molecule has 7 nitrogen and oxygen atoms in total. The van der Waals surface area contributed by atoms with Gasteiger partial charge in [0.15, 0.2) is 23.3 Å². The number of thioether (sulfide) groups is 1. The number of nitrogens with zero attached hydrogens (tertiary/aromatic N) is 1. The lowest BCUT2D eigenvalue weighted by Crippen LogP contribution is -2.19. The van der Waals surface area contributed by atoms with E-state index in [1.165, 1.54) is 7.11 Å². The van der Waals surface area contributed by atoms with Crippen LogP contribution in [0.3, 0.4) is 0 Å². The van der Waals surface area contributed by atoms with E-state index >= 15 is 0 Å². The van der Waals surface area contributed by atoms with Crippen LogP contribution in [0.4, 0.5) is 5.69 Å². The molecule has 0 aliphatic carbocycles. The number of carbonyl (C=O) groups excluding carboxylic acids is 1. The molecule has 0 unspecified atom stereocenters. The highest BCUT2D eigenvalue weighted by Crippen LogP contribution is 2.37. The minimum absolute atomic E-state index is 0.296. The minimum atomic E-state index is -1.10. The maximum absolute atomic E-state index is 12.5. The van der Waals surface area contributed by atoms with Crippen LogP contribution in [-0.4, -0.2) is 35.9 Å². The molecule has 166 valence electrons. The molecular formula is C22H18Cl2N2O5S. The Kier molecular flexibility index (Phi) is 7.84. The average Bonchev–Trinajstić information content (AvgIpc) is 3.09. The molecule has 1 heterocycles. The molecule has 1 amide bonds. The third kappa shape index (κ3) is 5.64. The number of benzene rings is 2. The van der Waals surface area contributed by atoms with Gasteiger partial charge in [0.1, 0.15) is 0 Å². The van der Waals surface area contributed by atoms with Crippen molar-refractivity contribution in [2.75, 3.05) is 13.7 Å². The Morgan fingerprint density at radius 1 is 1.34 bits per heavy atom. The fraction of sp³-hybridized carbons (Fsp3) is 0.136. The third-order valence-corrected chi connectivity index (χ3v) is 5.90. The van der Waals surface area contributed by atoms with E-state index in [-0.39, 0.29) is 5.91 Å². The van der Waals surface area contributed by atoms with Crippen molar-refractivity contribution in [2.45, 2.75) is 6.42 Å². The number of allylic oxidation sites excluding steroid dienone is 1. The first-order valence-electron chi connectivity index (χ1n) is 9.22. The van der Waals surface area contributed by atoms with E-state index in [1.807, 2.05) is 0 Å². The summed E-state index contributed by atoms with van der Waals surface area (Å²) in [5.74, 6) is -0.755. The second-order valence-electron chi connectivity index (χ2n) is 6.44. The lowest BCUT2D eigenvalue weighted by molar-refractivity contribution is -0.139. The Bertz CT molecular complexity index is 1150. The Morgan fingerprint density at radius 2 is 2.12 bits per heavy atom. The highest BCUT2D eigenvalue weighted by Gasteiger charge is 2.25. The molecule has 1 aliphatic heterocycles. The highest BCUT2D eigenvalue weighted by atomic mass is 35.5. The van der Waals surface area contributed by atoms with E-state index in [2.05, 4.69) is 16.9 Å². The number of aliphatic imine (C=N–C) groups is 1. The Morgan fingerprint density at radius 3 is 2.81 bits per heavy atom. The second-order valence-corrected chi connectivity index (χ2v) is 8.26. The summed E-state index contributed by atoms with van der Waals surface area (Å²) in [5.41, 5.74) is 1.79. The molecule has 2 aromatic rings. The van der Waals surface area contributed by atoms with Gasteiger partial charge in [-0.2, -0.15) is 0 Å². The number of ether oxygens (including phenoxy) is 2. The van der Waals surface area contributed by atoms with Gasteiger partial charge in [-0.05, 0) is 54.1 Å². The fourth-order valence-electron chi connectivity index (χ4n) is 2.84. The SMILES string of the molecule is C=CCc1cc(/C=C2\SC(=Nc3cccc(Cl)c3Cl)NC2=O)cc(OC)c1OCC(=O)O. The van der Waals surface area contributed by atoms with Crippen molar-refractivity contribution >= 4 is 63.8 Å². The van der Waals surface area contributed by atoms with Gasteiger partial charge in [-0.15, -0.1) is 6.58 Å². The Hall–Kier alpha value is -2.94. The van der Waals surface area contributed by atoms with Gasteiger partial charge < -0.3 is 19.9 Å². The molecule has 0 saturated carbocycles. The Balaban J connectivity index is 1.93. The summed E-state index contributed by atoms with van der Waals surface area (Å²) in [4.78, 5) is 28.2. The monoisotopic (exact) mass is 492 g/mol. The number of carbonyl (C=O) groups is 2. The van der Waals surface area contributed by atoms with Crippen molar-refractivity contribution in [3.05, 3.63) is 69.1 Å². The molecule has 0 aromatic heterocycles. The maximum Gasteiger partial charge on any atom is 0.341 e. The van der Waals surface area contributed by atoms with E-state index < -0.39 is 12.6 Å². The molecule has 10 heteroatoms. The first-order chi connectivity index (χ1) is 15.3. The van der Waals surface area contributed by atoms with Crippen molar-refractivity contribution in [1.29, 1.82) is 0 Å². The molecule has 0 radical (unpaired) electrons. The number of carboxylic acids is 1. The van der Waals surface area contributed by atoms with Gasteiger partial charge in [-0.25, -0.2) is 9.79 Å². The molecule has 3 rings (SSSR count). The molecule has 1 aliphatic rings. The zero-order valence-electron chi connectivity index (χ0n) is 16.9. The number of hydrogen-bond donors (Lipinski definition) is 2. The second kappa shape index (κ2) is 10.6. The molecule has 2 aromatic carbocycles. The van der Waals surface area contributed by atoms with Crippen LogP contribution in [0.25, 0.3) is 6.08 Å². The van der Waals surface area contributed by atoms with Gasteiger partial charge in [-0.3, -0.25) is 4.79 Å². The summed E-state index contributed by atoms with van der Waals surface area (Å²) in [5, 5.41) is 12.7. The number of nitrogens with one attached hydrogen (secondary N) is 1. The topological polar surface area (TPSA) is 97.2 Å². The van der Waals surface area contributed by atoms with Crippen molar-refractivity contribution in [3.63, 3.8) is 0 Å². The quantitative estimate of drug-likeness (QED) is 0.393. The molecule has 0 atom stereocenters. The molecule has 2 N–H and O–H groups in total. The largest absolute Gasteiger partial charge is 0.493 e. The lowest BCUT2D eigenvalue weighted by Gasteiger charge is -2.14. The van der Waals surface area contributed by atoms with Crippen LogP contribution in [0.1, 0.15) is 11.1 Å². The number of amides is 1. The standard InChI is InChI=1S/C22H18Cl2N2O5S/c1-3-5-13-8-12(9-16(30-2)20(13)31-11-18(27)28)10-17-21(29)26-22(32-17)25-15-7-4-6-14(23)19(15)24/h3-4,6-10H,1,5,11H2,2H3,(H,27,28)(H,25,26,29)/b17-10-. The van der Waals surface area contributed by atoms with Crippen LogP contribution in [-0.2, 0) is 16.0 Å². The number of halogens is 2. The van der Waals surface area contributed by atoms with E-state index in [9.17, 15) is 9.59 Å². The summed E-state index contributed by atoms with van der Waals surface area (Å²) in [6, 6.07) is 8.50. The van der Waals surface area contributed by atoms with Gasteiger partial charge in [0, 0.05) is 5.56 Å². The minimum Gasteiger partial charge on any atom is -0.493 e. The number of hydrogen-bond acceptors (Lipinski definition) is 6. The number of carboxylic acid groups (broad SMARTS) is 1. The highest BCUT2D eigenvalue weighted by molar-refractivity contribution is 8.18. The first-order valence-corrected chi connectivity index (χ1v) is 10.8. The molecule has 32 heavy (non-hydrogen) atoms. The molecular weight excluding hydrogens is 475 g/mol. The van der Waals surface area contributed by atoms with Crippen LogP contribution in [0, 0.1) is 0 Å². The number of rotatable bonds is 8. The number of amidine groups is 1. The molecule has 0 spiro atoms. The van der Waals surface area contributed by atoms with E-state index in [4.69, 9.17) is 37.8 Å². The van der Waals surface area contributed by atoms with E-state index in [0.29, 0.717) is 54.9 Å². The van der Waals surface area contributed by atoms with Crippen molar-refractivity contribution in [2.24, 2.45) is 4.99 Å². The molecule has 1 fully saturated rings. The zero-order valence-corrected chi connectivity index (χ0v) is 19.2. The molecule has 1 saturated heterocycles. The van der Waals surface area contributed by atoms with Crippen molar-refractivity contribution in [3.8, 4) is 11.5 Å². The lowest BCUT2D eigenvalue weighted by atomic mass is 10.0. The van der Waals surface area contributed by atoms with Gasteiger partial charge in [0.05, 0.1) is 27.7 Å². The summed E-state index contributed by atoms with van der Waals surface area (Å²) in [7, 11) is 1.45. The molecule has 0 bridgehead atoms. The predicted molar refractivity (Wildman–Crippen MR) is 127 cm³/mol. The maximum atomic E-state index is 12.5. The summed E-state index contributed by atoms with van der Waals surface area (Å²) >= 11 is 13.3. The first kappa shape index (κ1) is 23.7. The van der Waals surface area contributed by atoms with Crippen LogP contribution >= 0.6 is 35.0 Å². The zero-order chi connectivity index (χ0) is 23.3. The third-order valence-electron chi connectivity index (χ3n) is 4.18. The van der Waals surface area contributed by atoms with E-state index in [1.54, 1.807) is 42.5 Å². The van der Waals surface area contributed by atoms with Crippen molar-refractivity contribution in [1.82, 2.24) is 5.32 Å². The van der Waals surface area contributed by atoms with Crippen LogP contribution in [0.15, 0.2) is 52.9 Å². The van der Waals surface area contributed by atoms with Crippen LogP contribution in [0.5, 0.6) is 11.5 Å². The Labute approximate surface area is 198 Å². The van der Waals surface area contributed by atoms with Gasteiger partial charge in [0.25, 0.3) is 5.91 Å². The predicted octanol–water partition coefficient (Wildman–Crippen LogP) is 5.09. The van der Waals surface area contributed by atoms with Gasteiger partial charge in [0.2, 0.25) is 0 Å². The van der Waals surface area contributed by atoms with Crippen molar-refractivity contribution < 1.29 is 24.2 Å². The van der Waals surface area contributed by atoms with Crippen LogP contribution in [0.2, 0.25) is 10.0 Å². The summed E-state index contributed by atoms with van der Waals surface area (Å²) in [6.07, 6.45) is 3.76. The smallest absolute Gasteiger partial charge is 0.341 e. The van der Waals surface area contributed by atoms with E-state index in [0.717, 1.165) is 11.8 Å². The number of aliphatic carboxylic acids is 1. The van der Waals surface area contributed by atoms with Gasteiger partial charge >= 0.3 is 5.97 Å². The number of methoxy groups -OCH3 is 1. The normalized spacial score (nSPS) is 15.7. The fourth-order valence-corrected chi connectivity index (χ4v) is 4.02. The summed E-state index contributed by atoms with van der Waals surface area (Å²) in [6.45, 7) is 3.21. The van der Waals surface area contributed by atoms with Gasteiger partial charge in [-0.1, -0.05) is 35.3 Å².